The van der Waals surface area contributed by atoms with Crippen LogP contribution >= 0.6 is 11.8 Å². The monoisotopic (exact) mass is 488 g/mol. The first-order chi connectivity index (χ1) is 14.5. The lowest BCUT2D eigenvalue weighted by Crippen LogP contribution is -2.48. The molecule has 0 aliphatic carbocycles. The highest BCUT2D eigenvalue weighted by atomic mass is 32.2. The van der Waals surface area contributed by atoms with Crippen LogP contribution in [0.3, 0.4) is 0 Å². The summed E-state index contributed by atoms with van der Waals surface area (Å²) in [6.45, 7) is 25.3. The Morgan fingerprint density at radius 2 is 1.16 bits per heavy atom. The largest absolute Gasteiger partial charge is 0.406 e. The van der Waals surface area contributed by atoms with E-state index in [0.717, 1.165) is 0 Å². The molecule has 0 saturated carbocycles. The molecule has 0 amide bonds. The lowest BCUT2D eigenvalue weighted by molar-refractivity contribution is 0.0868. The van der Waals surface area contributed by atoms with E-state index >= 15 is 0 Å². The molecule has 0 aliphatic rings. The lowest BCUT2D eigenvalue weighted by atomic mass is 10.1. The number of benzene rings is 2. The van der Waals surface area contributed by atoms with Crippen LogP contribution in [0.5, 0.6) is 0 Å². The van der Waals surface area contributed by atoms with Gasteiger partial charge in [0.25, 0.3) is 0 Å². The molecule has 0 aliphatic heterocycles. The smallest absolute Gasteiger partial charge is 0.193 e. The Morgan fingerprint density at radius 1 is 0.688 bits per heavy atom. The third-order valence-corrected chi connectivity index (χ3v) is 17.3. The van der Waals surface area contributed by atoms with Crippen LogP contribution in [0.25, 0.3) is 0 Å². The fourth-order valence-electron chi connectivity index (χ4n) is 2.78. The molecule has 2 aromatic rings. The van der Waals surface area contributed by atoms with Crippen molar-refractivity contribution < 1.29 is 8.85 Å². The van der Waals surface area contributed by atoms with Gasteiger partial charge in [0.2, 0.25) is 0 Å². The Balaban J connectivity index is 2.55. The first-order valence-electron chi connectivity index (χ1n) is 11.7. The minimum absolute atomic E-state index is 0.116. The molecule has 0 unspecified atom stereocenters. The number of aryl methyl sites for hydroxylation is 1. The highest BCUT2D eigenvalue weighted by molar-refractivity contribution is 7.99. The zero-order valence-electron chi connectivity index (χ0n) is 22.1. The summed E-state index contributed by atoms with van der Waals surface area (Å²) in [4.78, 5) is 1.22. The van der Waals surface area contributed by atoms with Crippen molar-refractivity contribution in [2.24, 2.45) is 0 Å². The van der Waals surface area contributed by atoms with Gasteiger partial charge in [0.05, 0.1) is 0 Å². The number of hydrogen-bond donors (Lipinski definition) is 0. The molecule has 5 heteroatoms. The van der Waals surface area contributed by atoms with Gasteiger partial charge in [-0.3, -0.25) is 0 Å². The molecule has 0 radical (unpaired) electrons. The summed E-state index contributed by atoms with van der Waals surface area (Å²) < 4.78 is 14.2. The molecule has 0 fully saturated rings. The Hall–Kier alpha value is -0.856. The molecule has 2 rings (SSSR count). The average Bonchev–Trinajstić information content (AvgIpc) is 2.66. The first kappa shape index (κ1) is 27.4. The zero-order valence-corrected chi connectivity index (χ0v) is 24.9. The fraction of sp³-hybridized carbons (Fsp3) is 0.556. The first-order valence-corrected chi connectivity index (χ1v) is 18.4. The number of thioether (sulfide) groups is 1. The Kier molecular flexibility index (Phi) is 8.72. The maximum atomic E-state index is 7.12. The van der Waals surface area contributed by atoms with Gasteiger partial charge in [0, 0.05) is 4.90 Å². The van der Waals surface area contributed by atoms with Gasteiger partial charge in [-0.15, -0.1) is 0 Å². The van der Waals surface area contributed by atoms with Crippen molar-refractivity contribution in [1.29, 1.82) is 0 Å². The highest BCUT2D eigenvalue weighted by Gasteiger charge is 2.45. The van der Waals surface area contributed by atoms with Crippen molar-refractivity contribution in [3.8, 4) is 0 Å². The van der Waals surface area contributed by atoms with Gasteiger partial charge >= 0.3 is 0 Å². The average molecular weight is 489 g/mol. The molecule has 0 spiro atoms. The summed E-state index contributed by atoms with van der Waals surface area (Å²) in [5, 5.41) is 0.243. The zero-order chi connectivity index (χ0) is 24.4. The van der Waals surface area contributed by atoms with Crippen LogP contribution in [0.1, 0.15) is 58.8 Å². The Morgan fingerprint density at radius 3 is 1.62 bits per heavy atom. The van der Waals surface area contributed by atoms with E-state index in [4.69, 9.17) is 8.85 Å². The number of rotatable bonds is 8. The molecule has 32 heavy (non-hydrogen) atoms. The molecule has 2 atom stereocenters. The van der Waals surface area contributed by atoms with Gasteiger partial charge < -0.3 is 8.85 Å². The quantitative estimate of drug-likeness (QED) is 0.209. The standard InChI is InChI=1S/C27H44O2SSi2/c1-21-17-19-23(20-18-21)30-25(29-32(10,11)27(5,6)7)24(22-15-13-12-14-16-22)28-31(8,9)26(2,3)4/h12-20,24-25H,1-11H3/t24-,25+/m0/s1. The van der Waals surface area contributed by atoms with Crippen LogP contribution < -0.4 is 0 Å². The molecule has 0 N–H and O–H groups in total. The SMILES string of the molecule is Cc1ccc(S[C@@H](O[Si](C)(C)C(C)(C)C)[C@@H](O[Si](C)(C)C(C)(C)C)c2ccccc2)cc1. The predicted octanol–water partition coefficient (Wildman–Crippen LogP) is 9.20. The van der Waals surface area contributed by atoms with Crippen molar-refractivity contribution in [2.75, 3.05) is 0 Å². The van der Waals surface area contributed by atoms with Gasteiger partial charge in [0.15, 0.2) is 16.6 Å². The van der Waals surface area contributed by atoms with E-state index in [1.807, 2.05) is 0 Å². The van der Waals surface area contributed by atoms with Crippen molar-refractivity contribution in [2.45, 2.75) is 101 Å². The maximum Gasteiger partial charge on any atom is 0.193 e. The predicted molar refractivity (Wildman–Crippen MR) is 147 cm³/mol. The van der Waals surface area contributed by atoms with E-state index in [1.165, 1.54) is 16.0 Å². The van der Waals surface area contributed by atoms with Gasteiger partial charge in [-0.2, -0.15) is 0 Å². The van der Waals surface area contributed by atoms with E-state index < -0.39 is 16.6 Å². The molecule has 0 heterocycles. The summed E-state index contributed by atoms with van der Waals surface area (Å²) in [5.41, 5.74) is 2.35. The van der Waals surface area contributed by atoms with Gasteiger partial charge in [-0.25, -0.2) is 0 Å². The number of hydrogen-bond acceptors (Lipinski definition) is 3. The summed E-state index contributed by atoms with van der Waals surface area (Å²) in [7, 11) is -4.07. The molecule has 2 aromatic carbocycles. The molecule has 0 saturated heterocycles. The fourth-order valence-corrected chi connectivity index (χ4v) is 7.00. The van der Waals surface area contributed by atoms with E-state index in [0.29, 0.717) is 0 Å². The highest BCUT2D eigenvalue weighted by Crippen LogP contribution is 2.47. The summed E-state index contributed by atoms with van der Waals surface area (Å²) in [6, 6.07) is 19.4. The molecule has 178 valence electrons. The summed E-state index contributed by atoms with van der Waals surface area (Å²) in [5.74, 6) is 0. The second-order valence-electron chi connectivity index (χ2n) is 11.9. The van der Waals surface area contributed by atoms with E-state index in [2.05, 4.69) is 129 Å². The van der Waals surface area contributed by atoms with Crippen LogP contribution in [0.2, 0.25) is 36.3 Å². The molecule has 2 nitrogen and oxygen atoms in total. The van der Waals surface area contributed by atoms with Gasteiger partial charge in [-0.1, -0.05) is 101 Å². The van der Waals surface area contributed by atoms with E-state index in [-0.39, 0.29) is 21.6 Å². The van der Waals surface area contributed by atoms with Crippen LogP contribution in [0.4, 0.5) is 0 Å². The van der Waals surface area contributed by atoms with Crippen LogP contribution in [-0.4, -0.2) is 22.1 Å². The Labute approximate surface area is 203 Å². The van der Waals surface area contributed by atoms with Crippen molar-refractivity contribution in [3.63, 3.8) is 0 Å². The molecular weight excluding hydrogens is 445 g/mol. The summed E-state index contributed by atoms with van der Waals surface area (Å²) in [6.07, 6.45) is -0.127. The normalized spacial score (nSPS) is 15.5. The van der Waals surface area contributed by atoms with Gasteiger partial charge in [0.1, 0.15) is 11.5 Å². The van der Waals surface area contributed by atoms with Crippen molar-refractivity contribution in [3.05, 3.63) is 65.7 Å². The third kappa shape index (κ3) is 7.07. The third-order valence-electron chi connectivity index (χ3n) is 7.09. The molecular formula is C27H44O2SSi2. The maximum absolute atomic E-state index is 7.12. The molecule has 0 bridgehead atoms. The second-order valence-corrected chi connectivity index (χ2v) is 22.6. The topological polar surface area (TPSA) is 18.5 Å². The van der Waals surface area contributed by atoms with Gasteiger partial charge in [-0.05, 0) is 60.9 Å². The van der Waals surface area contributed by atoms with Crippen molar-refractivity contribution >= 4 is 28.4 Å². The van der Waals surface area contributed by atoms with Crippen LogP contribution in [0, 0.1) is 6.92 Å². The minimum atomic E-state index is -2.04. The Bertz CT molecular complexity index is 850. The second kappa shape index (κ2) is 10.2. The van der Waals surface area contributed by atoms with Crippen molar-refractivity contribution in [1.82, 2.24) is 0 Å². The van der Waals surface area contributed by atoms with Crippen LogP contribution in [-0.2, 0) is 8.85 Å². The van der Waals surface area contributed by atoms with E-state index in [9.17, 15) is 0 Å². The van der Waals surface area contributed by atoms with E-state index in [1.54, 1.807) is 11.8 Å². The minimum Gasteiger partial charge on any atom is -0.406 e. The van der Waals surface area contributed by atoms with Crippen LogP contribution in [0.15, 0.2) is 59.5 Å². The lowest BCUT2D eigenvalue weighted by Gasteiger charge is -2.45. The summed E-state index contributed by atoms with van der Waals surface area (Å²) >= 11 is 1.80. The molecule has 0 aromatic heterocycles.